The highest BCUT2D eigenvalue weighted by Crippen LogP contribution is 2.32. The van der Waals surface area contributed by atoms with Crippen LogP contribution in [-0.4, -0.2) is 89.2 Å². The molecule has 0 unspecified atom stereocenters. The summed E-state index contributed by atoms with van der Waals surface area (Å²) in [7, 11) is 0. The number of anilines is 5. The minimum absolute atomic E-state index is 0.0383. The quantitative estimate of drug-likeness (QED) is 0.241. The molecule has 0 radical (unpaired) electrons. The first-order valence-electron chi connectivity index (χ1n) is 18.0. The van der Waals surface area contributed by atoms with E-state index in [1.165, 1.54) is 18.3 Å². The summed E-state index contributed by atoms with van der Waals surface area (Å²) >= 11 is 0. The van der Waals surface area contributed by atoms with Crippen LogP contribution >= 0.6 is 0 Å². The summed E-state index contributed by atoms with van der Waals surface area (Å²) in [6.45, 7) is 12.5. The molecule has 2 N–H and O–H groups in total. The van der Waals surface area contributed by atoms with Crippen LogP contribution in [0.3, 0.4) is 0 Å². The molecular formula is C38H46N10O2. The first-order valence-corrected chi connectivity index (χ1v) is 18.0. The van der Waals surface area contributed by atoms with Crippen molar-refractivity contribution in [2.45, 2.75) is 45.6 Å². The number of rotatable bonds is 9. The number of aromatic nitrogens is 4. The number of hydrogen-bond acceptors (Lipinski definition) is 11. The van der Waals surface area contributed by atoms with Gasteiger partial charge in [0.1, 0.15) is 11.5 Å². The fourth-order valence-electron chi connectivity index (χ4n) is 8.05. The van der Waals surface area contributed by atoms with Crippen LogP contribution in [0.5, 0.6) is 0 Å². The molecule has 2 saturated heterocycles. The number of Topliss-reactive ketones (excluding diaryl/α,β-unsaturated/α-hetero) is 1. The van der Waals surface area contributed by atoms with E-state index in [1.54, 1.807) is 10.8 Å². The maximum atomic E-state index is 13.5. The van der Waals surface area contributed by atoms with Gasteiger partial charge in [-0.05, 0) is 68.7 Å². The molecule has 12 heteroatoms. The molecular weight excluding hydrogens is 628 g/mol. The van der Waals surface area contributed by atoms with Gasteiger partial charge in [0.2, 0.25) is 5.95 Å². The van der Waals surface area contributed by atoms with Crippen LogP contribution < -0.4 is 30.9 Å². The topological polar surface area (TPSA) is 115 Å². The fourth-order valence-corrected chi connectivity index (χ4v) is 8.05. The van der Waals surface area contributed by atoms with Crippen LogP contribution in [0, 0.1) is 12.8 Å². The molecule has 0 amide bonds. The molecule has 50 heavy (non-hydrogen) atoms. The molecule has 4 aliphatic rings. The van der Waals surface area contributed by atoms with E-state index in [1.807, 2.05) is 19.2 Å². The molecule has 12 nitrogen and oxygen atoms in total. The smallest absolute Gasteiger partial charge is 0.263 e. The van der Waals surface area contributed by atoms with Gasteiger partial charge in [0, 0.05) is 93.5 Å². The summed E-state index contributed by atoms with van der Waals surface area (Å²) in [6, 6.07) is 13.0. The van der Waals surface area contributed by atoms with Crippen molar-refractivity contribution in [3.8, 4) is 0 Å². The van der Waals surface area contributed by atoms with E-state index < -0.39 is 0 Å². The Balaban J connectivity index is 0.852. The highest BCUT2D eigenvalue weighted by atomic mass is 16.1. The van der Waals surface area contributed by atoms with Gasteiger partial charge in [-0.25, -0.2) is 9.97 Å². The number of aryl methyl sites for hydroxylation is 1. The van der Waals surface area contributed by atoms with Crippen molar-refractivity contribution in [1.29, 1.82) is 0 Å². The number of piperazine rings is 1. The van der Waals surface area contributed by atoms with Crippen molar-refractivity contribution in [3.05, 3.63) is 82.5 Å². The molecule has 0 atom stereocenters. The Hall–Kier alpha value is -4.81. The lowest BCUT2D eigenvalue weighted by Crippen LogP contribution is -2.55. The van der Waals surface area contributed by atoms with E-state index >= 15 is 0 Å². The zero-order valence-electron chi connectivity index (χ0n) is 29.0. The van der Waals surface area contributed by atoms with Gasteiger partial charge in [-0.2, -0.15) is 4.98 Å². The fraction of sp³-hybridized carbons (Fsp3) is 0.447. The van der Waals surface area contributed by atoms with E-state index in [9.17, 15) is 9.59 Å². The van der Waals surface area contributed by atoms with E-state index in [2.05, 4.69) is 82.8 Å². The van der Waals surface area contributed by atoms with E-state index in [0.29, 0.717) is 28.9 Å². The Morgan fingerprint density at radius 2 is 1.66 bits per heavy atom. The number of fused-ring (bicyclic) bond motifs is 1. The number of carbonyl (C=O) groups is 1. The van der Waals surface area contributed by atoms with Crippen LogP contribution in [0.15, 0.2) is 65.9 Å². The lowest BCUT2D eigenvalue weighted by atomic mass is 9.98. The Morgan fingerprint density at radius 1 is 0.920 bits per heavy atom. The van der Waals surface area contributed by atoms with Crippen molar-refractivity contribution in [3.63, 3.8) is 0 Å². The summed E-state index contributed by atoms with van der Waals surface area (Å²) in [5, 5.41) is 7.35. The number of pyridine rings is 2. The van der Waals surface area contributed by atoms with Crippen LogP contribution in [-0.2, 0) is 0 Å². The molecule has 3 aromatic heterocycles. The SMILES string of the molecule is CC(=O)c1c(C)c2cnc(Nc3ccc(N4CCN(CC5CN(c6ccc(N7C=CCNC7)cc6)C5)CC4)cn3)nc2n(C2CCCC2)c1=O. The van der Waals surface area contributed by atoms with Gasteiger partial charge in [0.15, 0.2) is 5.78 Å². The Morgan fingerprint density at radius 3 is 2.34 bits per heavy atom. The number of nitrogens with one attached hydrogen (secondary N) is 2. The lowest BCUT2D eigenvalue weighted by molar-refractivity contribution is 0.101. The van der Waals surface area contributed by atoms with Gasteiger partial charge in [-0.3, -0.25) is 24.4 Å². The second-order valence-electron chi connectivity index (χ2n) is 14.2. The molecule has 1 saturated carbocycles. The summed E-state index contributed by atoms with van der Waals surface area (Å²) in [5.41, 5.74) is 4.84. The predicted molar refractivity (Wildman–Crippen MR) is 199 cm³/mol. The summed E-state index contributed by atoms with van der Waals surface area (Å²) < 4.78 is 1.74. The number of nitrogens with zero attached hydrogens (tertiary/aromatic N) is 8. The minimum Gasteiger partial charge on any atom is -0.371 e. The van der Waals surface area contributed by atoms with Crippen LogP contribution in [0.2, 0.25) is 0 Å². The average molecular weight is 675 g/mol. The molecule has 3 fully saturated rings. The molecule has 260 valence electrons. The van der Waals surface area contributed by atoms with Crippen molar-refractivity contribution >= 4 is 45.6 Å². The summed E-state index contributed by atoms with van der Waals surface area (Å²) in [4.78, 5) is 49.7. The van der Waals surface area contributed by atoms with E-state index in [4.69, 9.17) is 4.98 Å². The Labute approximate surface area is 292 Å². The molecule has 0 spiro atoms. The van der Waals surface area contributed by atoms with Crippen molar-refractivity contribution in [1.82, 2.24) is 29.7 Å². The molecule has 4 aromatic rings. The molecule has 3 aliphatic heterocycles. The van der Waals surface area contributed by atoms with E-state index in [-0.39, 0.29) is 22.9 Å². The normalized spacial score (nSPS) is 19.0. The monoisotopic (exact) mass is 674 g/mol. The van der Waals surface area contributed by atoms with Crippen LogP contribution in [0.4, 0.5) is 28.8 Å². The number of hydrogen-bond donors (Lipinski definition) is 2. The van der Waals surface area contributed by atoms with Gasteiger partial charge in [-0.15, -0.1) is 0 Å². The number of ketones is 1. The van der Waals surface area contributed by atoms with Crippen molar-refractivity contribution < 1.29 is 4.79 Å². The standard InChI is InChI=1S/C38H46N10O2/c1-26-33-21-41-38(43-36(33)48(31-6-3-4-7-31)37(50)35(26)27(2)49)42-34-13-12-32(20-40-34)45-18-16-44(17-19-45)22-28-23-47(24-28)30-10-8-29(9-11-30)46-15-5-14-39-25-46/h5,8-13,15,20-21,28,31,39H,3-4,6-7,14,16-19,22-25H2,1-2H3,(H,40,41,42,43). The minimum atomic E-state index is -0.249. The number of carbonyl (C=O) groups excluding carboxylic acids is 1. The van der Waals surface area contributed by atoms with Gasteiger partial charge < -0.3 is 20.0 Å². The highest BCUT2D eigenvalue weighted by Gasteiger charge is 2.30. The molecule has 1 aliphatic carbocycles. The second-order valence-corrected chi connectivity index (χ2v) is 14.2. The van der Waals surface area contributed by atoms with Gasteiger partial charge in [-0.1, -0.05) is 18.9 Å². The van der Waals surface area contributed by atoms with Crippen LogP contribution in [0.25, 0.3) is 11.0 Å². The van der Waals surface area contributed by atoms with Gasteiger partial charge in [0.25, 0.3) is 5.56 Å². The average Bonchev–Trinajstić information content (AvgIpc) is 3.65. The molecule has 0 bridgehead atoms. The molecule has 8 rings (SSSR count). The highest BCUT2D eigenvalue weighted by molar-refractivity contribution is 5.99. The Kier molecular flexibility index (Phi) is 8.96. The Bertz CT molecular complexity index is 1940. The predicted octanol–water partition coefficient (Wildman–Crippen LogP) is 4.70. The maximum Gasteiger partial charge on any atom is 0.263 e. The van der Waals surface area contributed by atoms with Crippen LogP contribution in [0.1, 0.15) is 54.6 Å². The third-order valence-corrected chi connectivity index (χ3v) is 10.8. The molecule has 1 aromatic carbocycles. The number of benzene rings is 1. The third kappa shape index (κ3) is 6.45. The second kappa shape index (κ2) is 13.8. The van der Waals surface area contributed by atoms with Crippen molar-refractivity contribution in [2.24, 2.45) is 5.92 Å². The van der Waals surface area contributed by atoms with E-state index in [0.717, 1.165) is 95.8 Å². The summed E-state index contributed by atoms with van der Waals surface area (Å²) in [6.07, 6.45) is 11.9. The van der Waals surface area contributed by atoms with Crippen molar-refractivity contribution in [2.75, 3.05) is 79.0 Å². The molecule has 6 heterocycles. The first kappa shape index (κ1) is 32.4. The lowest BCUT2D eigenvalue weighted by Gasteiger charge is -2.45. The van der Waals surface area contributed by atoms with Gasteiger partial charge >= 0.3 is 0 Å². The summed E-state index contributed by atoms with van der Waals surface area (Å²) in [5.74, 6) is 1.50. The third-order valence-electron chi connectivity index (χ3n) is 10.8. The zero-order chi connectivity index (χ0) is 34.2. The maximum absolute atomic E-state index is 13.5. The zero-order valence-corrected chi connectivity index (χ0v) is 29.0. The first-order chi connectivity index (χ1) is 24.4. The van der Waals surface area contributed by atoms with Gasteiger partial charge in [0.05, 0.1) is 24.1 Å². The largest absolute Gasteiger partial charge is 0.371 e.